The van der Waals surface area contributed by atoms with E-state index in [9.17, 15) is 0 Å². The summed E-state index contributed by atoms with van der Waals surface area (Å²) in [5.41, 5.74) is 0.681. The van der Waals surface area contributed by atoms with Gasteiger partial charge < -0.3 is 4.48 Å². The number of rotatable bonds is 0. The Bertz CT molecular complexity index is 125. The highest BCUT2D eigenvalue weighted by atomic mass is 15.4. The van der Waals surface area contributed by atoms with Crippen molar-refractivity contribution in [2.75, 3.05) is 20.1 Å². The molecule has 2 aliphatic rings. The number of hydrogen-bond donors (Lipinski definition) is 0. The van der Waals surface area contributed by atoms with Crippen LogP contribution in [0.2, 0.25) is 0 Å². The molecule has 0 radical (unpaired) electrons. The molecule has 0 saturated carbocycles. The van der Waals surface area contributed by atoms with Crippen molar-refractivity contribution in [1.82, 2.24) is 0 Å². The third-order valence-corrected chi connectivity index (χ3v) is 4.04. The van der Waals surface area contributed by atoms with Crippen molar-refractivity contribution in [1.29, 1.82) is 0 Å². The number of fused-ring (bicyclic) bond motifs is 1. The van der Waals surface area contributed by atoms with Crippen molar-refractivity contribution in [2.45, 2.75) is 38.1 Å². The smallest absolute Gasteiger partial charge is 0.0966 e. The highest BCUT2D eigenvalue weighted by molar-refractivity contribution is 4.85. The van der Waals surface area contributed by atoms with Gasteiger partial charge in [0, 0.05) is 25.7 Å². The summed E-state index contributed by atoms with van der Waals surface area (Å²) in [7, 11) is 2.44. The fourth-order valence-corrected chi connectivity index (χ4v) is 2.93. The normalized spacial score (nSPS) is 53.4. The molecule has 0 amide bonds. The second-order valence-electron chi connectivity index (χ2n) is 4.55. The SMILES string of the molecule is CC12CCC[N+]1(C)CCC2. The van der Waals surface area contributed by atoms with E-state index in [2.05, 4.69) is 14.0 Å². The molecule has 2 saturated heterocycles. The first-order valence-electron chi connectivity index (χ1n) is 4.51. The van der Waals surface area contributed by atoms with Gasteiger partial charge in [-0.3, -0.25) is 0 Å². The Morgan fingerprint density at radius 1 is 1.10 bits per heavy atom. The molecule has 58 valence electrons. The van der Waals surface area contributed by atoms with E-state index in [0.29, 0.717) is 5.54 Å². The van der Waals surface area contributed by atoms with Crippen LogP contribution in [0.3, 0.4) is 0 Å². The minimum atomic E-state index is 0.681. The fourth-order valence-electron chi connectivity index (χ4n) is 2.93. The molecule has 0 spiro atoms. The van der Waals surface area contributed by atoms with Crippen molar-refractivity contribution in [3.05, 3.63) is 0 Å². The fraction of sp³-hybridized carbons (Fsp3) is 1.00. The lowest BCUT2D eigenvalue weighted by atomic mass is 9.96. The van der Waals surface area contributed by atoms with Gasteiger partial charge in [0.25, 0.3) is 0 Å². The maximum absolute atomic E-state index is 2.48. The van der Waals surface area contributed by atoms with Crippen LogP contribution in [-0.4, -0.2) is 30.2 Å². The van der Waals surface area contributed by atoms with Crippen LogP contribution in [0.1, 0.15) is 32.6 Å². The average Bonchev–Trinajstić information content (AvgIpc) is 2.20. The summed E-state index contributed by atoms with van der Waals surface area (Å²) in [6.45, 7) is 5.36. The van der Waals surface area contributed by atoms with Gasteiger partial charge >= 0.3 is 0 Å². The zero-order chi connectivity index (χ0) is 7.24. The third-order valence-electron chi connectivity index (χ3n) is 4.04. The summed E-state index contributed by atoms with van der Waals surface area (Å²) < 4.78 is 1.38. The van der Waals surface area contributed by atoms with Gasteiger partial charge in [-0.1, -0.05) is 0 Å². The van der Waals surface area contributed by atoms with Crippen LogP contribution in [-0.2, 0) is 0 Å². The van der Waals surface area contributed by atoms with Crippen LogP contribution in [0.4, 0.5) is 0 Å². The zero-order valence-corrected chi connectivity index (χ0v) is 7.19. The summed E-state index contributed by atoms with van der Waals surface area (Å²) in [6.07, 6.45) is 5.88. The van der Waals surface area contributed by atoms with Crippen molar-refractivity contribution in [3.8, 4) is 0 Å². The Labute approximate surface area is 63.6 Å². The lowest BCUT2D eigenvalue weighted by molar-refractivity contribution is -0.931. The summed E-state index contributed by atoms with van der Waals surface area (Å²) in [6, 6.07) is 0. The predicted octanol–water partition coefficient (Wildman–Crippen LogP) is 1.78. The van der Waals surface area contributed by atoms with E-state index < -0.39 is 0 Å². The summed E-state index contributed by atoms with van der Waals surface area (Å²) in [5, 5.41) is 0. The van der Waals surface area contributed by atoms with Gasteiger partial charge in [0.15, 0.2) is 0 Å². The van der Waals surface area contributed by atoms with Crippen molar-refractivity contribution < 1.29 is 4.48 Å². The molecule has 0 N–H and O–H groups in total. The summed E-state index contributed by atoms with van der Waals surface area (Å²) >= 11 is 0. The molecule has 10 heavy (non-hydrogen) atoms. The standard InChI is InChI=1S/C9H18N/c1-9-5-3-7-10(9,2)8-4-6-9/h3-8H2,1-2H3/q+1. The first kappa shape index (κ1) is 6.66. The molecule has 0 unspecified atom stereocenters. The topological polar surface area (TPSA) is 0 Å². The average molecular weight is 140 g/mol. The van der Waals surface area contributed by atoms with E-state index in [1.807, 2.05) is 0 Å². The third kappa shape index (κ3) is 0.619. The first-order chi connectivity index (χ1) is 4.66. The number of nitrogens with zero attached hydrogens (tertiary/aromatic N) is 1. The Kier molecular flexibility index (Phi) is 1.17. The van der Waals surface area contributed by atoms with E-state index in [-0.39, 0.29) is 0 Å². The predicted molar refractivity (Wildman–Crippen MR) is 42.8 cm³/mol. The van der Waals surface area contributed by atoms with Crippen molar-refractivity contribution in [2.24, 2.45) is 0 Å². The molecular weight excluding hydrogens is 122 g/mol. The summed E-state index contributed by atoms with van der Waals surface area (Å²) in [4.78, 5) is 0. The lowest BCUT2D eigenvalue weighted by Crippen LogP contribution is -2.51. The van der Waals surface area contributed by atoms with Crippen molar-refractivity contribution in [3.63, 3.8) is 0 Å². The molecule has 0 atom stereocenters. The van der Waals surface area contributed by atoms with Gasteiger partial charge in [0.2, 0.25) is 0 Å². The summed E-state index contributed by atoms with van der Waals surface area (Å²) in [5.74, 6) is 0. The number of hydrogen-bond acceptors (Lipinski definition) is 0. The molecule has 0 aromatic carbocycles. The van der Waals surface area contributed by atoms with Gasteiger partial charge in [-0.2, -0.15) is 0 Å². The maximum Gasteiger partial charge on any atom is 0.0966 e. The van der Waals surface area contributed by atoms with Crippen LogP contribution in [0.25, 0.3) is 0 Å². The molecular formula is C9H18N+. The minimum absolute atomic E-state index is 0.681. The van der Waals surface area contributed by atoms with Gasteiger partial charge in [0.05, 0.1) is 25.7 Å². The maximum atomic E-state index is 2.48. The van der Waals surface area contributed by atoms with Crippen LogP contribution in [0, 0.1) is 0 Å². The largest absolute Gasteiger partial charge is 0.321 e. The van der Waals surface area contributed by atoms with Crippen LogP contribution in [0.5, 0.6) is 0 Å². The Morgan fingerprint density at radius 2 is 1.60 bits per heavy atom. The molecule has 0 aromatic rings. The van der Waals surface area contributed by atoms with Crippen LogP contribution < -0.4 is 0 Å². The van der Waals surface area contributed by atoms with Gasteiger partial charge in [-0.15, -0.1) is 0 Å². The molecule has 2 rings (SSSR count). The Balaban J connectivity index is 2.30. The zero-order valence-electron chi connectivity index (χ0n) is 7.19. The molecule has 0 bridgehead atoms. The van der Waals surface area contributed by atoms with E-state index in [4.69, 9.17) is 0 Å². The molecule has 2 fully saturated rings. The van der Waals surface area contributed by atoms with E-state index >= 15 is 0 Å². The van der Waals surface area contributed by atoms with Crippen LogP contribution >= 0.6 is 0 Å². The molecule has 1 nitrogen and oxygen atoms in total. The molecule has 2 heterocycles. The second-order valence-corrected chi connectivity index (χ2v) is 4.55. The van der Waals surface area contributed by atoms with Crippen LogP contribution in [0.15, 0.2) is 0 Å². The lowest BCUT2D eigenvalue weighted by Gasteiger charge is -2.38. The highest BCUT2D eigenvalue weighted by Crippen LogP contribution is 2.43. The van der Waals surface area contributed by atoms with E-state index in [1.165, 1.54) is 43.3 Å². The highest BCUT2D eigenvalue weighted by Gasteiger charge is 2.51. The molecule has 1 heteroatoms. The van der Waals surface area contributed by atoms with Crippen molar-refractivity contribution >= 4 is 0 Å². The van der Waals surface area contributed by atoms with Gasteiger partial charge in [-0.05, 0) is 6.92 Å². The van der Waals surface area contributed by atoms with Gasteiger partial charge in [0.1, 0.15) is 0 Å². The quantitative estimate of drug-likeness (QED) is 0.450. The van der Waals surface area contributed by atoms with Gasteiger partial charge in [-0.25, -0.2) is 0 Å². The Morgan fingerprint density at radius 3 is 2.00 bits per heavy atom. The molecule has 0 aliphatic carbocycles. The molecule has 0 aromatic heterocycles. The first-order valence-corrected chi connectivity index (χ1v) is 4.51. The minimum Gasteiger partial charge on any atom is -0.321 e. The Hall–Kier alpha value is -0.0400. The monoisotopic (exact) mass is 140 g/mol. The van der Waals surface area contributed by atoms with E-state index in [0.717, 1.165) is 0 Å². The van der Waals surface area contributed by atoms with E-state index in [1.54, 1.807) is 0 Å². The second kappa shape index (κ2) is 1.76. The number of quaternary nitrogens is 1. The molecule has 2 aliphatic heterocycles.